The van der Waals surface area contributed by atoms with E-state index in [1.165, 1.54) is 24.0 Å². The molecule has 0 aliphatic heterocycles. The smallest absolute Gasteiger partial charge is 0.122 e. The van der Waals surface area contributed by atoms with Crippen molar-refractivity contribution < 1.29 is 0 Å². The Balaban J connectivity index is 2.15. The van der Waals surface area contributed by atoms with Crippen LogP contribution in [0.25, 0.3) is 11.1 Å². The maximum absolute atomic E-state index is 7.38. The SMILES string of the molecule is CCCCc1ccc(-c2ccc(C(=N)N)cc2)cc1. The number of amidine groups is 1. The van der Waals surface area contributed by atoms with Crippen LogP contribution in [0, 0.1) is 5.41 Å². The number of hydrogen-bond donors (Lipinski definition) is 2. The predicted octanol–water partition coefficient (Wildman–Crippen LogP) is 3.98. The molecule has 0 saturated heterocycles. The van der Waals surface area contributed by atoms with Crippen LogP contribution in [0.4, 0.5) is 0 Å². The van der Waals surface area contributed by atoms with Crippen LogP contribution in [0.2, 0.25) is 0 Å². The third-order valence-electron chi connectivity index (χ3n) is 3.30. The maximum Gasteiger partial charge on any atom is 0.122 e. The Kier molecular flexibility index (Phi) is 4.35. The van der Waals surface area contributed by atoms with Gasteiger partial charge in [0.05, 0.1) is 0 Å². The van der Waals surface area contributed by atoms with E-state index in [-0.39, 0.29) is 5.84 Å². The fraction of sp³-hybridized carbons (Fsp3) is 0.235. The molecule has 0 radical (unpaired) electrons. The molecule has 0 atom stereocenters. The second-order valence-electron chi connectivity index (χ2n) is 4.79. The third kappa shape index (κ3) is 3.44. The number of hydrogen-bond acceptors (Lipinski definition) is 1. The first-order valence-corrected chi connectivity index (χ1v) is 6.74. The van der Waals surface area contributed by atoms with Gasteiger partial charge >= 0.3 is 0 Å². The van der Waals surface area contributed by atoms with E-state index in [1.807, 2.05) is 24.3 Å². The van der Waals surface area contributed by atoms with Crippen molar-refractivity contribution in [2.75, 3.05) is 0 Å². The summed E-state index contributed by atoms with van der Waals surface area (Å²) >= 11 is 0. The topological polar surface area (TPSA) is 49.9 Å². The lowest BCUT2D eigenvalue weighted by molar-refractivity contribution is 0.795. The van der Waals surface area contributed by atoms with Crippen molar-refractivity contribution in [1.29, 1.82) is 5.41 Å². The Labute approximate surface area is 114 Å². The molecule has 0 aliphatic rings. The molecule has 0 amide bonds. The van der Waals surface area contributed by atoms with Crippen molar-refractivity contribution in [1.82, 2.24) is 0 Å². The van der Waals surface area contributed by atoms with E-state index in [2.05, 4.69) is 31.2 Å². The summed E-state index contributed by atoms with van der Waals surface area (Å²) in [5.41, 5.74) is 9.98. The summed E-state index contributed by atoms with van der Waals surface area (Å²) in [7, 11) is 0. The third-order valence-corrected chi connectivity index (χ3v) is 3.30. The number of nitrogens with two attached hydrogens (primary N) is 1. The summed E-state index contributed by atoms with van der Waals surface area (Å²) in [4.78, 5) is 0. The van der Waals surface area contributed by atoms with Crippen LogP contribution in [0.15, 0.2) is 48.5 Å². The van der Waals surface area contributed by atoms with Gasteiger partial charge in [-0.05, 0) is 29.5 Å². The van der Waals surface area contributed by atoms with Gasteiger partial charge in [-0.25, -0.2) is 0 Å². The Morgan fingerprint density at radius 1 is 0.947 bits per heavy atom. The van der Waals surface area contributed by atoms with Crippen LogP contribution in [0.1, 0.15) is 30.9 Å². The Bertz CT molecular complexity index is 538. The summed E-state index contributed by atoms with van der Waals surface area (Å²) < 4.78 is 0. The van der Waals surface area contributed by atoms with Gasteiger partial charge in [-0.15, -0.1) is 0 Å². The molecule has 2 heteroatoms. The number of nitrogens with one attached hydrogen (secondary N) is 1. The molecule has 0 aliphatic carbocycles. The highest BCUT2D eigenvalue weighted by molar-refractivity contribution is 5.95. The van der Waals surface area contributed by atoms with Crippen LogP contribution in [0.3, 0.4) is 0 Å². The van der Waals surface area contributed by atoms with Crippen molar-refractivity contribution in [2.24, 2.45) is 5.73 Å². The molecule has 19 heavy (non-hydrogen) atoms. The molecular weight excluding hydrogens is 232 g/mol. The van der Waals surface area contributed by atoms with Crippen molar-refractivity contribution >= 4 is 5.84 Å². The monoisotopic (exact) mass is 252 g/mol. The first-order chi connectivity index (χ1) is 9.20. The summed E-state index contributed by atoms with van der Waals surface area (Å²) in [6.45, 7) is 2.21. The number of rotatable bonds is 5. The normalized spacial score (nSPS) is 10.4. The van der Waals surface area contributed by atoms with Gasteiger partial charge in [0.15, 0.2) is 0 Å². The molecule has 0 bridgehead atoms. The van der Waals surface area contributed by atoms with Crippen LogP contribution in [-0.4, -0.2) is 5.84 Å². The van der Waals surface area contributed by atoms with Gasteiger partial charge in [-0.1, -0.05) is 61.9 Å². The molecule has 3 N–H and O–H groups in total. The highest BCUT2D eigenvalue weighted by Gasteiger charge is 2.00. The van der Waals surface area contributed by atoms with Crippen molar-refractivity contribution in [3.05, 3.63) is 59.7 Å². The second-order valence-corrected chi connectivity index (χ2v) is 4.79. The molecular formula is C17H20N2. The van der Waals surface area contributed by atoms with E-state index in [4.69, 9.17) is 11.1 Å². The van der Waals surface area contributed by atoms with E-state index in [1.54, 1.807) is 0 Å². The number of nitrogen functional groups attached to an aromatic ring is 1. The van der Waals surface area contributed by atoms with Crippen LogP contribution in [0.5, 0.6) is 0 Å². The molecule has 0 heterocycles. The van der Waals surface area contributed by atoms with Crippen LogP contribution >= 0.6 is 0 Å². The zero-order chi connectivity index (χ0) is 13.7. The molecule has 0 fully saturated rings. The van der Waals surface area contributed by atoms with Gasteiger partial charge < -0.3 is 5.73 Å². The molecule has 0 saturated carbocycles. The number of unbranched alkanes of at least 4 members (excludes halogenated alkanes) is 1. The largest absolute Gasteiger partial charge is 0.384 e. The van der Waals surface area contributed by atoms with Gasteiger partial charge in [0.25, 0.3) is 0 Å². The average Bonchev–Trinajstić information content (AvgIpc) is 2.46. The first kappa shape index (κ1) is 13.3. The van der Waals surface area contributed by atoms with Crippen molar-refractivity contribution in [2.45, 2.75) is 26.2 Å². The minimum absolute atomic E-state index is 0.112. The molecule has 0 unspecified atom stereocenters. The maximum atomic E-state index is 7.38. The molecule has 2 nitrogen and oxygen atoms in total. The van der Waals surface area contributed by atoms with Crippen molar-refractivity contribution in [3.8, 4) is 11.1 Å². The summed E-state index contributed by atoms with van der Waals surface area (Å²) in [5, 5.41) is 7.38. The van der Waals surface area contributed by atoms with Crippen LogP contribution < -0.4 is 5.73 Å². The van der Waals surface area contributed by atoms with E-state index >= 15 is 0 Å². The number of benzene rings is 2. The Morgan fingerprint density at radius 3 is 1.95 bits per heavy atom. The summed E-state index contributed by atoms with van der Waals surface area (Å²) in [5.74, 6) is 0.112. The predicted molar refractivity (Wildman–Crippen MR) is 81.5 cm³/mol. The summed E-state index contributed by atoms with van der Waals surface area (Å²) in [6.07, 6.45) is 3.63. The molecule has 2 aromatic rings. The van der Waals surface area contributed by atoms with Gasteiger partial charge in [0.1, 0.15) is 5.84 Å². The lowest BCUT2D eigenvalue weighted by Crippen LogP contribution is -2.10. The zero-order valence-electron chi connectivity index (χ0n) is 11.3. The standard InChI is InChI=1S/C17H20N2/c1-2-3-4-13-5-7-14(8-6-13)15-9-11-16(12-10-15)17(18)19/h5-12H,2-4H2,1H3,(H3,18,19). The van der Waals surface area contributed by atoms with Gasteiger partial charge in [0.2, 0.25) is 0 Å². The number of aryl methyl sites for hydroxylation is 1. The van der Waals surface area contributed by atoms with Gasteiger partial charge in [0, 0.05) is 5.56 Å². The fourth-order valence-corrected chi connectivity index (χ4v) is 2.09. The molecule has 0 spiro atoms. The fourth-order valence-electron chi connectivity index (χ4n) is 2.09. The highest BCUT2D eigenvalue weighted by atomic mass is 14.7. The molecule has 2 aromatic carbocycles. The molecule has 98 valence electrons. The van der Waals surface area contributed by atoms with E-state index in [9.17, 15) is 0 Å². The van der Waals surface area contributed by atoms with Crippen molar-refractivity contribution in [3.63, 3.8) is 0 Å². The van der Waals surface area contributed by atoms with Crippen LogP contribution in [-0.2, 0) is 6.42 Å². The Hall–Kier alpha value is -2.09. The molecule has 2 rings (SSSR count). The van der Waals surface area contributed by atoms with Gasteiger partial charge in [-0.2, -0.15) is 0 Å². The summed E-state index contributed by atoms with van der Waals surface area (Å²) in [6, 6.07) is 16.5. The van der Waals surface area contributed by atoms with Gasteiger partial charge in [-0.3, -0.25) is 5.41 Å². The lowest BCUT2D eigenvalue weighted by Gasteiger charge is -2.05. The zero-order valence-corrected chi connectivity index (χ0v) is 11.3. The second kappa shape index (κ2) is 6.19. The quantitative estimate of drug-likeness (QED) is 0.613. The van der Waals surface area contributed by atoms with E-state index in [0.29, 0.717) is 0 Å². The van der Waals surface area contributed by atoms with E-state index in [0.717, 1.165) is 17.5 Å². The lowest BCUT2D eigenvalue weighted by atomic mass is 10.0. The van der Waals surface area contributed by atoms with E-state index < -0.39 is 0 Å². The first-order valence-electron chi connectivity index (χ1n) is 6.74. The molecule has 0 aromatic heterocycles. The Morgan fingerprint density at radius 2 is 1.47 bits per heavy atom. The minimum Gasteiger partial charge on any atom is -0.384 e. The minimum atomic E-state index is 0.112. The average molecular weight is 252 g/mol. The highest BCUT2D eigenvalue weighted by Crippen LogP contribution is 2.20.